The lowest BCUT2D eigenvalue weighted by atomic mass is 10.1. The maximum atomic E-state index is 12.2. The number of nitrogens with two attached hydrogens (primary N) is 1. The van der Waals surface area contributed by atoms with Crippen LogP contribution in [0, 0.1) is 13.8 Å². The van der Waals surface area contributed by atoms with Crippen LogP contribution in [0.1, 0.15) is 40.0 Å². The summed E-state index contributed by atoms with van der Waals surface area (Å²) in [5, 5.41) is 7.92. The van der Waals surface area contributed by atoms with Crippen molar-refractivity contribution in [3.63, 3.8) is 0 Å². The zero-order valence-electron chi connectivity index (χ0n) is 15.7. The van der Waals surface area contributed by atoms with E-state index >= 15 is 0 Å². The Hall–Kier alpha value is -2.23. The van der Waals surface area contributed by atoms with E-state index in [0.717, 1.165) is 16.1 Å². The van der Waals surface area contributed by atoms with Crippen molar-refractivity contribution in [2.45, 2.75) is 31.7 Å². The fourth-order valence-corrected chi connectivity index (χ4v) is 3.72. The third-order valence-corrected chi connectivity index (χ3v) is 5.81. The van der Waals surface area contributed by atoms with Gasteiger partial charge in [-0.25, -0.2) is 18.4 Å². The fraction of sp³-hybridized carbons (Fsp3) is 0.263. The second kappa shape index (κ2) is 8.85. The number of sulfonamides is 1. The van der Waals surface area contributed by atoms with Crippen molar-refractivity contribution >= 4 is 37.8 Å². The van der Waals surface area contributed by atoms with Gasteiger partial charge in [-0.15, -0.1) is 0 Å². The molecule has 2 rings (SSSR count). The number of carbonyl (C=O) groups excluding carboxylic acids is 2. The minimum absolute atomic E-state index is 0.0147. The van der Waals surface area contributed by atoms with Crippen LogP contribution in [0.2, 0.25) is 0 Å². The molecule has 7 nitrogen and oxygen atoms in total. The molecule has 0 aliphatic carbocycles. The SMILES string of the molecule is Cc1cc(C(=O)OCC(=O)NC(C)c2ccc(Br)cc2)cc(S(N)(=O)=O)c1C. The first kappa shape index (κ1) is 22.1. The minimum Gasteiger partial charge on any atom is -0.452 e. The molecule has 1 unspecified atom stereocenters. The Morgan fingerprint density at radius 2 is 1.79 bits per heavy atom. The third kappa shape index (κ3) is 5.63. The molecule has 1 atom stereocenters. The Labute approximate surface area is 172 Å². The van der Waals surface area contributed by atoms with Crippen LogP contribution in [0.4, 0.5) is 0 Å². The van der Waals surface area contributed by atoms with Crippen LogP contribution in [0.3, 0.4) is 0 Å². The number of halogens is 1. The Bertz CT molecular complexity index is 1000. The molecule has 2 aromatic rings. The highest BCUT2D eigenvalue weighted by atomic mass is 79.9. The summed E-state index contributed by atoms with van der Waals surface area (Å²) in [6, 6.07) is 9.84. The molecule has 0 spiro atoms. The van der Waals surface area contributed by atoms with Gasteiger partial charge in [0.25, 0.3) is 5.91 Å². The van der Waals surface area contributed by atoms with Gasteiger partial charge < -0.3 is 10.1 Å². The highest BCUT2D eigenvalue weighted by Crippen LogP contribution is 2.21. The number of hydrogen-bond donors (Lipinski definition) is 2. The van der Waals surface area contributed by atoms with E-state index in [0.29, 0.717) is 11.1 Å². The Kier molecular flexibility index (Phi) is 6.97. The molecule has 9 heteroatoms. The fourth-order valence-electron chi connectivity index (χ4n) is 2.57. The normalized spacial score (nSPS) is 12.3. The van der Waals surface area contributed by atoms with E-state index in [9.17, 15) is 18.0 Å². The molecule has 1 amide bonds. The topological polar surface area (TPSA) is 116 Å². The quantitative estimate of drug-likeness (QED) is 0.632. The van der Waals surface area contributed by atoms with Gasteiger partial charge >= 0.3 is 5.97 Å². The lowest BCUT2D eigenvalue weighted by Gasteiger charge is -2.15. The van der Waals surface area contributed by atoms with E-state index in [-0.39, 0.29) is 16.5 Å². The summed E-state index contributed by atoms with van der Waals surface area (Å²) in [6.45, 7) is 4.58. The van der Waals surface area contributed by atoms with Crippen LogP contribution in [-0.4, -0.2) is 26.9 Å². The standard InChI is InChI=1S/C19H21BrN2O5S/c1-11-8-15(9-17(12(11)2)28(21,25)26)19(24)27-10-18(23)22-13(3)14-4-6-16(20)7-5-14/h4-9,13H,10H2,1-3H3,(H,22,23)(H2,21,25,26). The molecule has 0 aliphatic heterocycles. The zero-order chi connectivity index (χ0) is 21.1. The van der Waals surface area contributed by atoms with Crippen LogP contribution in [-0.2, 0) is 19.6 Å². The van der Waals surface area contributed by atoms with Crippen molar-refractivity contribution in [1.29, 1.82) is 0 Å². The predicted molar refractivity (Wildman–Crippen MR) is 108 cm³/mol. The molecule has 0 saturated heterocycles. The molecule has 0 saturated carbocycles. The lowest BCUT2D eigenvalue weighted by molar-refractivity contribution is -0.124. The number of amides is 1. The first-order chi connectivity index (χ1) is 13.0. The minimum atomic E-state index is -3.98. The molecule has 2 aromatic carbocycles. The summed E-state index contributed by atoms with van der Waals surface area (Å²) < 4.78 is 29.3. The van der Waals surface area contributed by atoms with Crippen LogP contribution in [0.15, 0.2) is 45.8 Å². The van der Waals surface area contributed by atoms with E-state index in [2.05, 4.69) is 21.2 Å². The summed E-state index contributed by atoms with van der Waals surface area (Å²) in [4.78, 5) is 24.2. The lowest BCUT2D eigenvalue weighted by Crippen LogP contribution is -2.31. The van der Waals surface area contributed by atoms with Gasteiger partial charge in [0, 0.05) is 4.47 Å². The van der Waals surface area contributed by atoms with Gasteiger partial charge in [0.2, 0.25) is 10.0 Å². The summed E-state index contributed by atoms with van der Waals surface area (Å²) in [5.41, 5.74) is 1.95. The van der Waals surface area contributed by atoms with Crippen molar-refractivity contribution in [2.24, 2.45) is 5.14 Å². The number of primary sulfonamides is 1. The molecule has 0 bridgehead atoms. The second-order valence-corrected chi connectivity index (χ2v) is 8.82. The number of hydrogen-bond acceptors (Lipinski definition) is 5. The molecule has 3 N–H and O–H groups in total. The van der Waals surface area contributed by atoms with E-state index in [1.807, 2.05) is 31.2 Å². The molecule has 150 valence electrons. The number of ether oxygens (including phenoxy) is 1. The predicted octanol–water partition coefficient (Wildman–Crippen LogP) is 2.75. The van der Waals surface area contributed by atoms with E-state index in [4.69, 9.17) is 9.88 Å². The van der Waals surface area contributed by atoms with Gasteiger partial charge in [0.1, 0.15) is 0 Å². The van der Waals surface area contributed by atoms with Gasteiger partial charge in [-0.3, -0.25) is 4.79 Å². The van der Waals surface area contributed by atoms with Gasteiger partial charge in [0.15, 0.2) is 6.61 Å². The molecular formula is C19H21BrN2O5S. The van der Waals surface area contributed by atoms with Crippen LogP contribution in [0.25, 0.3) is 0 Å². The van der Waals surface area contributed by atoms with Crippen LogP contribution in [0.5, 0.6) is 0 Å². The van der Waals surface area contributed by atoms with Crippen LogP contribution < -0.4 is 10.5 Å². The van der Waals surface area contributed by atoms with Gasteiger partial charge in [-0.2, -0.15) is 0 Å². The average Bonchev–Trinajstić information content (AvgIpc) is 2.61. The molecule has 0 radical (unpaired) electrons. The molecular weight excluding hydrogens is 448 g/mol. The number of nitrogens with one attached hydrogen (secondary N) is 1. The first-order valence-electron chi connectivity index (χ1n) is 8.35. The summed E-state index contributed by atoms with van der Waals surface area (Å²) in [5.74, 6) is -1.28. The number of rotatable bonds is 6. The van der Waals surface area contributed by atoms with Gasteiger partial charge in [-0.05, 0) is 61.7 Å². The smallest absolute Gasteiger partial charge is 0.338 e. The molecule has 0 aromatic heterocycles. The van der Waals surface area contributed by atoms with Crippen molar-refractivity contribution in [3.8, 4) is 0 Å². The monoisotopic (exact) mass is 468 g/mol. The number of aryl methyl sites for hydroxylation is 1. The van der Waals surface area contributed by atoms with Crippen molar-refractivity contribution < 1.29 is 22.7 Å². The summed E-state index contributed by atoms with van der Waals surface area (Å²) >= 11 is 3.34. The summed E-state index contributed by atoms with van der Waals surface area (Å²) in [6.07, 6.45) is 0. The number of benzene rings is 2. The number of carbonyl (C=O) groups is 2. The van der Waals surface area contributed by atoms with Gasteiger partial charge in [0.05, 0.1) is 16.5 Å². The third-order valence-electron chi connectivity index (χ3n) is 4.24. The van der Waals surface area contributed by atoms with E-state index in [1.54, 1.807) is 13.8 Å². The Morgan fingerprint density at radius 1 is 1.18 bits per heavy atom. The van der Waals surface area contributed by atoms with Gasteiger partial charge in [-0.1, -0.05) is 28.1 Å². The average molecular weight is 469 g/mol. The maximum Gasteiger partial charge on any atom is 0.338 e. The van der Waals surface area contributed by atoms with Crippen molar-refractivity contribution in [1.82, 2.24) is 5.32 Å². The Balaban J connectivity index is 2.03. The largest absolute Gasteiger partial charge is 0.452 e. The number of esters is 1. The van der Waals surface area contributed by atoms with Crippen LogP contribution >= 0.6 is 15.9 Å². The molecule has 0 fully saturated rings. The van der Waals surface area contributed by atoms with Crippen molar-refractivity contribution in [3.05, 3.63) is 63.1 Å². The highest BCUT2D eigenvalue weighted by Gasteiger charge is 2.19. The second-order valence-electron chi connectivity index (χ2n) is 6.38. The molecule has 28 heavy (non-hydrogen) atoms. The summed E-state index contributed by atoms with van der Waals surface area (Å²) in [7, 11) is -3.98. The van der Waals surface area contributed by atoms with E-state index in [1.165, 1.54) is 6.07 Å². The first-order valence-corrected chi connectivity index (χ1v) is 10.7. The van der Waals surface area contributed by atoms with E-state index < -0.39 is 28.5 Å². The Morgan fingerprint density at radius 3 is 2.36 bits per heavy atom. The zero-order valence-corrected chi connectivity index (χ0v) is 18.1. The maximum absolute atomic E-state index is 12.2. The highest BCUT2D eigenvalue weighted by molar-refractivity contribution is 9.10. The van der Waals surface area contributed by atoms with Crippen molar-refractivity contribution in [2.75, 3.05) is 6.61 Å². The molecule has 0 aliphatic rings. The molecule has 0 heterocycles.